The molecule has 14 heavy (non-hydrogen) atoms. The Kier molecular flexibility index (Phi) is 5.26. The highest BCUT2D eigenvalue weighted by atomic mass is 32.2. The van der Waals surface area contributed by atoms with Gasteiger partial charge in [0.05, 0.1) is 0 Å². The van der Waals surface area contributed by atoms with E-state index in [1.165, 1.54) is 11.8 Å². The summed E-state index contributed by atoms with van der Waals surface area (Å²) in [4.78, 5) is 21.7. The first-order chi connectivity index (χ1) is 6.46. The van der Waals surface area contributed by atoms with Crippen LogP contribution in [0.3, 0.4) is 0 Å². The fraction of sp³-hybridized carbons (Fsp3) is 0.500. The van der Waals surface area contributed by atoms with E-state index in [1.807, 2.05) is 6.26 Å². The van der Waals surface area contributed by atoms with E-state index in [-0.39, 0.29) is 6.42 Å². The molecule has 0 spiro atoms. The van der Waals surface area contributed by atoms with Crippen LogP contribution in [-0.2, 0) is 9.59 Å². The highest BCUT2D eigenvalue weighted by Crippen LogP contribution is 2.08. The third-order valence-corrected chi connectivity index (χ3v) is 2.23. The topological polar surface area (TPSA) is 92.4 Å². The molecule has 0 saturated carbocycles. The maximum atomic E-state index is 10.9. The van der Waals surface area contributed by atoms with E-state index in [4.69, 9.17) is 10.8 Å². The standard InChI is InChI=1S/C8H14N2O3S/c1-3-6(11)10-8(9,7(12)13)4-5-14-2/h3H,1,4-5,9H2,2H3,(H,10,11)(H,12,13). The Morgan fingerprint density at radius 3 is 2.64 bits per heavy atom. The summed E-state index contributed by atoms with van der Waals surface area (Å²) in [5.41, 5.74) is 3.81. The predicted octanol–water partition coefficient (Wildman–Crippen LogP) is -0.219. The average molecular weight is 218 g/mol. The van der Waals surface area contributed by atoms with Crippen molar-refractivity contribution in [3.05, 3.63) is 12.7 Å². The highest BCUT2D eigenvalue weighted by Gasteiger charge is 2.34. The van der Waals surface area contributed by atoms with Crippen molar-refractivity contribution < 1.29 is 14.7 Å². The van der Waals surface area contributed by atoms with Gasteiger partial charge >= 0.3 is 5.97 Å². The molecule has 0 saturated heterocycles. The van der Waals surface area contributed by atoms with Gasteiger partial charge in [-0.25, -0.2) is 4.79 Å². The summed E-state index contributed by atoms with van der Waals surface area (Å²) in [5, 5.41) is 11.0. The molecule has 6 heteroatoms. The minimum Gasteiger partial charge on any atom is -0.478 e. The molecule has 4 N–H and O–H groups in total. The summed E-state index contributed by atoms with van der Waals surface area (Å²) in [5.74, 6) is -1.28. The number of thioether (sulfide) groups is 1. The van der Waals surface area contributed by atoms with Crippen LogP contribution in [0.15, 0.2) is 12.7 Å². The average Bonchev–Trinajstić information content (AvgIpc) is 2.14. The maximum Gasteiger partial charge on any atom is 0.344 e. The van der Waals surface area contributed by atoms with Gasteiger partial charge in [-0.05, 0) is 18.1 Å². The van der Waals surface area contributed by atoms with Gasteiger partial charge in [-0.15, -0.1) is 0 Å². The highest BCUT2D eigenvalue weighted by molar-refractivity contribution is 7.98. The Hall–Kier alpha value is -1.01. The van der Waals surface area contributed by atoms with Gasteiger partial charge in [0, 0.05) is 6.42 Å². The Labute approximate surface area is 86.7 Å². The number of rotatable bonds is 6. The molecule has 0 aliphatic rings. The van der Waals surface area contributed by atoms with Crippen LogP contribution < -0.4 is 11.1 Å². The molecule has 0 rings (SSSR count). The molecule has 0 aromatic heterocycles. The number of carbonyl (C=O) groups excluding carboxylic acids is 1. The smallest absolute Gasteiger partial charge is 0.344 e. The molecule has 0 aromatic rings. The van der Waals surface area contributed by atoms with E-state index >= 15 is 0 Å². The summed E-state index contributed by atoms with van der Waals surface area (Å²) < 4.78 is 0. The minimum atomic E-state index is -1.70. The molecular formula is C8H14N2O3S. The third kappa shape index (κ3) is 3.80. The van der Waals surface area contributed by atoms with Crippen molar-refractivity contribution in [2.75, 3.05) is 12.0 Å². The van der Waals surface area contributed by atoms with Gasteiger partial charge in [-0.3, -0.25) is 10.5 Å². The summed E-state index contributed by atoms with van der Waals surface area (Å²) in [7, 11) is 0. The lowest BCUT2D eigenvalue weighted by atomic mass is 10.1. The molecule has 1 unspecified atom stereocenters. The molecule has 1 atom stereocenters. The van der Waals surface area contributed by atoms with Crippen LogP contribution in [0.5, 0.6) is 0 Å². The number of carboxylic acid groups (broad SMARTS) is 1. The van der Waals surface area contributed by atoms with E-state index in [0.29, 0.717) is 5.75 Å². The molecule has 5 nitrogen and oxygen atoms in total. The van der Waals surface area contributed by atoms with Crippen molar-refractivity contribution in [1.82, 2.24) is 5.32 Å². The van der Waals surface area contributed by atoms with Crippen LogP contribution in [0.25, 0.3) is 0 Å². The van der Waals surface area contributed by atoms with Crippen molar-refractivity contribution in [2.24, 2.45) is 5.73 Å². The van der Waals surface area contributed by atoms with Crippen LogP contribution in [-0.4, -0.2) is 34.7 Å². The summed E-state index contributed by atoms with van der Waals surface area (Å²) in [6.45, 7) is 3.22. The van der Waals surface area contributed by atoms with E-state index < -0.39 is 17.5 Å². The first-order valence-corrected chi connectivity index (χ1v) is 5.31. The zero-order chi connectivity index (χ0) is 11.2. The normalized spacial score (nSPS) is 14.1. The maximum absolute atomic E-state index is 10.9. The van der Waals surface area contributed by atoms with E-state index in [1.54, 1.807) is 0 Å². The number of hydrogen-bond donors (Lipinski definition) is 3. The lowest BCUT2D eigenvalue weighted by Gasteiger charge is -2.24. The monoisotopic (exact) mass is 218 g/mol. The van der Waals surface area contributed by atoms with Gasteiger partial charge in [0.2, 0.25) is 5.91 Å². The second kappa shape index (κ2) is 5.66. The Bertz CT molecular complexity index is 245. The van der Waals surface area contributed by atoms with Gasteiger partial charge in [0.25, 0.3) is 0 Å². The van der Waals surface area contributed by atoms with Gasteiger partial charge in [-0.1, -0.05) is 6.58 Å². The molecule has 0 bridgehead atoms. The van der Waals surface area contributed by atoms with Crippen LogP contribution in [0, 0.1) is 0 Å². The second-order valence-corrected chi connectivity index (χ2v) is 3.70. The first-order valence-electron chi connectivity index (χ1n) is 3.92. The van der Waals surface area contributed by atoms with Crippen LogP contribution in [0.4, 0.5) is 0 Å². The van der Waals surface area contributed by atoms with Crippen molar-refractivity contribution >= 4 is 23.6 Å². The summed E-state index contributed by atoms with van der Waals surface area (Å²) >= 11 is 1.46. The van der Waals surface area contributed by atoms with Crippen molar-refractivity contribution in [2.45, 2.75) is 12.1 Å². The first kappa shape index (κ1) is 13.0. The molecule has 1 amide bonds. The molecule has 0 radical (unpaired) electrons. The third-order valence-electron chi connectivity index (χ3n) is 1.61. The Morgan fingerprint density at radius 2 is 2.29 bits per heavy atom. The zero-order valence-electron chi connectivity index (χ0n) is 7.95. The van der Waals surface area contributed by atoms with Gasteiger partial charge in [-0.2, -0.15) is 11.8 Å². The Balaban J connectivity index is 4.46. The lowest BCUT2D eigenvalue weighted by molar-refractivity contribution is -0.146. The summed E-state index contributed by atoms with van der Waals surface area (Å²) in [6, 6.07) is 0. The number of amides is 1. The predicted molar refractivity (Wildman–Crippen MR) is 55.9 cm³/mol. The number of nitrogens with one attached hydrogen (secondary N) is 1. The number of nitrogens with two attached hydrogens (primary N) is 1. The number of hydrogen-bond acceptors (Lipinski definition) is 4. The van der Waals surface area contributed by atoms with E-state index in [0.717, 1.165) is 6.08 Å². The molecular weight excluding hydrogens is 204 g/mol. The van der Waals surface area contributed by atoms with Crippen LogP contribution in [0.2, 0.25) is 0 Å². The van der Waals surface area contributed by atoms with Gasteiger partial charge < -0.3 is 10.4 Å². The van der Waals surface area contributed by atoms with Crippen LogP contribution >= 0.6 is 11.8 Å². The van der Waals surface area contributed by atoms with Crippen molar-refractivity contribution in [3.63, 3.8) is 0 Å². The van der Waals surface area contributed by atoms with Crippen molar-refractivity contribution in [1.29, 1.82) is 0 Å². The largest absolute Gasteiger partial charge is 0.478 e. The molecule has 0 aliphatic carbocycles. The van der Waals surface area contributed by atoms with Gasteiger partial charge in [0.15, 0.2) is 5.66 Å². The number of carbonyl (C=O) groups is 2. The molecule has 0 heterocycles. The number of aliphatic carboxylic acids is 1. The lowest BCUT2D eigenvalue weighted by Crippen LogP contribution is -2.61. The minimum absolute atomic E-state index is 0.170. The fourth-order valence-corrected chi connectivity index (χ4v) is 1.28. The van der Waals surface area contributed by atoms with Crippen molar-refractivity contribution in [3.8, 4) is 0 Å². The van der Waals surface area contributed by atoms with Gasteiger partial charge in [0.1, 0.15) is 0 Å². The quantitative estimate of drug-likeness (QED) is 0.423. The fourth-order valence-electron chi connectivity index (χ4n) is 0.757. The SMILES string of the molecule is C=CC(=O)NC(N)(CCSC)C(=O)O. The Morgan fingerprint density at radius 1 is 1.71 bits per heavy atom. The van der Waals surface area contributed by atoms with Crippen LogP contribution in [0.1, 0.15) is 6.42 Å². The van der Waals surface area contributed by atoms with E-state index in [2.05, 4.69) is 11.9 Å². The second-order valence-electron chi connectivity index (χ2n) is 2.71. The molecule has 0 aromatic carbocycles. The number of carboxylic acids is 1. The molecule has 0 aliphatic heterocycles. The zero-order valence-corrected chi connectivity index (χ0v) is 8.76. The molecule has 80 valence electrons. The van der Waals surface area contributed by atoms with E-state index in [9.17, 15) is 9.59 Å². The molecule has 0 fully saturated rings. The summed E-state index contributed by atoms with van der Waals surface area (Å²) in [6.07, 6.45) is 2.99.